The molecule has 0 radical (unpaired) electrons. The molecule has 4 atom stereocenters. The smallest absolute Gasteiger partial charge is 0.326 e. The van der Waals surface area contributed by atoms with Crippen molar-refractivity contribution < 1.29 is 24.3 Å². The van der Waals surface area contributed by atoms with E-state index in [-0.39, 0.29) is 31.3 Å². The first-order valence-corrected chi connectivity index (χ1v) is 12.4. The molecule has 0 bridgehead atoms. The number of carbonyl (C=O) groups is 4. The van der Waals surface area contributed by atoms with Crippen molar-refractivity contribution in [1.82, 2.24) is 20.9 Å². The number of nitrogens with two attached hydrogens (primary N) is 3. The van der Waals surface area contributed by atoms with Crippen LogP contribution in [0.25, 0.3) is 10.9 Å². The minimum Gasteiger partial charge on any atom is -0.480 e. The van der Waals surface area contributed by atoms with Crippen LogP contribution in [0.1, 0.15) is 39.2 Å². The van der Waals surface area contributed by atoms with Gasteiger partial charge < -0.3 is 43.2 Å². The maximum atomic E-state index is 12.9. The Morgan fingerprint density at radius 1 is 1.00 bits per heavy atom. The fraction of sp³-hybridized carbons (Fsp3) is 0.480. The number of amides is 3. The summed E-state index contributed by atoms with van der Waals surface area (Å²) < 4.78 is 0. The predicted molar refractivity (Wildman–Crippen MR) is 144 cm³/mol. The van der Waals surface area contributed by atoms with Crippen LogP contribution in [0, 0.1) is 5.92 Å². The third kappa shape index (κ3) is 8.76. The third-order valence-corrected chi connectivity index (χ3v) is 6.01. The molecule has 1 aromatic heterocycles. The Balaban J connectivity index is 1.94. The summed E-state index contributed by atoms with van der Waals surface area (Å²) in [6.45, 7) is 5.13. The zero-order valence-electron chi connectivity index (χ0n) is 21.9. The van der Waals surface area contributed by atoms with Crippen LogP contribution in [-0.2, 0) is 25.6 Å². The number of aliphatic carboxylic acids is 1. The number of aromatic nitrogens is 1. The molecule has 3 amide bonds. The Morgan fingerprint density at radius 3 is 2.32 bits per heavy atom. The van der Waals surface area contributed by atoms with E-state index in [0.717, 1.165) is 16.5 Å². The summed E-state index contributed by atoms with van der Waals surface area (Å²) in [5, 5.41) is 18.0. The van der Waals surface area contributed by atoms with Gasteiger partial charge in [-0.3, -0.25) is 19.4 Å². The topological polar surface area (TPSA) is 231 Å². The molecule has 2 rings (SSSR count). The number of H-pyrrole nitrogens is 1. The average Bonchev–Trinajstić information content (AvgIpc) is 3.26. The zero-order chi connectivity index (χ0) is 28.4. The number of nitrogens with zero attached hydrogens (tertiary/aromatic N) is 1. The van der Waals surface area contributed by atoms with E-state index in [1.807, 2.05) is 24.3 Å². The second-order valence-electron chi connectivity index (χ2n) is 9.48. The van der Waals surface area contributed by atoms with Gasteiger partial charge in [-0.05, 0) is 43.7 Å². The number of guanidine groups is 1. The lowest BCUT2D eigenvalue weighted by Crippen LogP contribution is -2.57. The van der Waals surface area contributed by atoms with Gasteiger partial charge in [-0.2, -0.15) is 0 Å². The number of carboxylic acid groups (broad SMARTS) is 1. The molecule has 0 aliphatic carbocycles. The van der Waals surface area contributed by atoms with E-state index < -0.39 is 47.9 Å². The summed E-state index contributed by atoms with van der Waals surface area (Å²) in [5.41, 5.74) is 18.4. The van der Waals surface area contributed by atoms with Gasteiger partial charge in [0.1, 0.15) is 18.1 Å². The fourth-order valence-corrected chi connectivity index (χ4v) is 3.85. The fourth-order valence-electron chi connectivity index (χ4n) is 3.85. The number of hydrogen-bond donors (Lipinski definition) is 8. The molecule has 208 valence electrons. The van der Waals surface area contributed by atoms with Gasteiger partial charge in [-0.1, -0.05) is 32.0 Å². The number of hydrogen-bond acceptors (Lipinski definition) is 6. The van der Waals surface area contributed by atoms with Gasteiger partial charge in [0.2, 0.25) is 17.7 Å². The number of aromatic amines is 1. The van der Waals surface area contributed by atoms with Gasteiger partial charge >= 0.3 is 5.97 Å². The molecule has 0 saturated carbocycles. The maximum absolute atomic E-state index is 12.9. The van der Waals surface area contributed by atoms with Crippen molar-refractivity contribution in [2.45, 2.75) is 64.2 Å². The molecule has 13 heteroatoms. The van der Waals surface area contributed by atoms with Gasteiger partial charge in [0, 0.05) is 23.6 Å². The summed E-state index contributed by atoms with van der Waals surface area (Å²) in [5.74, 6) is -3.42. The first-order valence-electron chi connectivity index (χ1n) is 12.4. The van der Waals surface area contributed by atoms with Crippen LogP contribution in [0.3, 0.4) is 0 Å². The number of para-hydroxylation sites is 1. The maximum Gasteiger partial charge on any atom is 0.326 e. The van der Waals surface area contributed by atoms with E-state index in [4.69, 9.17) is 17.2 Å². The van der Waals surface area contributed by atoms with Gasteiger partial charge in [0.25, 0.3) is 0 Å². The number of fused-ring (bicyclic) bond motifs is 1. The number of carboxylic acids is 1. The lowest BCUT2D eigenvalue weighted by atomic mass is 10.0. The van der Waals surface area contributed by atoms with Crippen molar-refractivity contribution in [2.24, 2.45) is 28.1 Å². The highest BCUT2D eigenvalue weighted by Crippen LogP contribution is 2.19. The van der Waals surface area contributed by atoms with Crippen molar-refractivity contribution >= 4 is 40.6 Å². The standard InChI is InChI=1S/C25H38N8O5/c1-13(2)20(33-22(35)17(26)11-15-12-30-18-8-5-4-7-16(15)18)23(36)31-14(3)21(34)32-19(24(37)38)9-6-10-29-25(27)28/h4-5,7-8,12-14,17,19-20,30H,6,9-11,26H2,1-3H3,(H,31,36)(H,32,34)(H,33,35)(H,37,38)(H4,27,28,29). The van der Waals surface area contributed by atoms with Crippen LogP contribution < -0.4 is 33.2 Å². The molecule has 2 aromatic rings. The Labute approximate surface area is 221 Å². The molecule has 11 N–H and O–H groups in total. The van der Waals surface area contributed by atoms with Crippen molar-refractivity contribution in [3.05, 3.63) is 36.0 Å². The molecular weight excluding hydrogens is 492 g/mol. The highest BCUT2D eigenvalue weighted by atomic mass is 16.4. The summed E-state index contributed by atoms with van der Waals surface area (Å²) in [4.78, 5) is 56.8. The van der Waals surface area contributed by atoms with E-state index in [9.17, 15) is 24.3 Å². The molecule has 13 nitrogen and oxygen atoms in total. The molecular formula is C25H38N8O5. The van der Waals surface area contributed by atoms with Gasteiger partial charge in [0.15, 0.2) is 5.96 Å². The van der Waals surface area contributed by atoms with Crippen LogP contribution in [0.2, 0.25) is 0 Å². The Morgan fingerprint density at radius 2 is 1.68 bits per heavy atom. The summed E-state index contributed by atoms with van der Waals surface area (Å²) in [6, 6.07) is 3.56. The first kappa shape index (κ1) is 30.1. The van der Waals surface area contributed by atoms with E-state index in [1.54, 1.807) is 20.0 Å². The third-order valence-electron chi connectivity index (χ3n) is 6.01. The molecule has 0 fully saturated rings. The second kappa shape index (κ2) is 14.0. The quantitative estimate of drug-likeness (QED) is 0.0882. The first-order chi connectivity index (χ1) is 17.9. The molecule has 4 unspecified atom stereocenters. The van der Waals surface area contributed by atoms with Crippen LogP contribution >= 0.6 is 0 Å². The number of nitrogens with one attached hydrogen (secondary N) is 4. The van der Waals surface area contributed by atoms with E-state index in [0.29, 0.717) is 6.42 Å². The van der Waals surface area contributed by atoms with Gasteiger partial charge in [-0.15, -0.1) is 0 Å². The van der Waals surface area contributed by atoms with Crippen molar-refractivity contribution in [3.8, 4) is 0 Å². The van der Waals surface area contributed by atoms with E-state index >= 15 is 0 Å². The minimum absolute atomic E-state index is 0.0948. The monoisotopic (exact) mass is 530 g/mol. The lowest BCUT2D eigenvalue weighted by molar-refractivity contribution is -0.142. The van der Waals surface area contributed by atoms with E-state index in [1.165, 1.54) is 6.92 Å². The second-order valence-corrected chi connectivity index (χ2v) is 9.48. The Hall–Kier alpha value is -4.13. The number of aliphatic imine (C=N–C) groups is 1. The number of benzene rings is 1. The zero-order valence-corrected chi connectivity index (χ0v) is 21.9. The molecule has 0 aliphatic rings. The summed E-state index contributed by atoms with van der Waals surface area (Å²) >= 11 is 0. The number of rotatable bonds is 14. The number of carbonyl (C=O) groups excluding carboxylic acids is 3. The van der Waals surface area contributed by atoms with Crippen LogP contribution in [-0.4, -0.2) is 70.5 Å². The highest BCUT2D eigenvalue weighted by Gasteiger charge is 2.30. The van der Waals surface area contributed by atoms with Gasteiger partial charge in [-0.25, -0.2) is 4.79 Å². The normalized spacial score (nSPS) is 14.2. The lowest BCUT2D eigenvalue weighted by Gasteiger charge is -2.25. The van der Waals surface area contributed by atoms with Gasteiger partial charge in [0.05, 0.1) is 6.04 Å². The van der Waals surface area contributed by atoms with E-state index in [2.05, 4.69) is 25.9 Å². The van der Waals surface area contributed by atoms with Crippen molar-refractivity contribution in [2.75, 3.05) is 6.54 Å². The molecule has 1 aromatic carbocycles. The molecule has 1 heterocycles. The van der Waals surface area contributed by atoms with Crippen LogP contribution in [0.15, 0.2) is 35.5 Å². The molecule has 0 aliphatic heterocycles. The molecule has 0 saturated heterocycles. The SMILES string of the molecule is CC(NC(=O)C(NC(=O)C(N)Cc1c[nH]c2ccccc12)C(C)C)C(=O)NC(CCCN=C(N)N)C(=O)O. The Bertz CT molecular complexity index is 1160. The van der Waals surface area contributed by atoms with Crippen LogP contribution in [0.5, 0.6) is 0 Å². The van der Waals surface area contributed by atoms with Crippen molar-refractivity contribution in [3.63, 3.8) is 0 Å². The minimum atomic E-state index is -1.22. The predicted octanol–water partition coefficient (Wildman–Crippen LogP) is -0.694. The highest BCUT2D eigenvalue weighted by molar-refractivity contribution is 5.94. The largest absolute Gasteiger partial charge is 0.480 e. The van der Waals surface area contributed by atoms with Crippen molar-refractivity contribution in [1.29, 1.82) is 0 Å². The molecule has 38 heavy (non-hydrogen) atoms. The Kier molecular flexibility index (Phi) is 11.1. The molecule has 0 spiro atoms. The summed E-state index contributed by atoms with van der Waals surface area (Å²) in [7, 11) is 0. The summed E-state index contributed by atoms with van der Waals surface area (Å²) in [6.07, 6.45) is 2.49. The average molecular weight is 531 g/mol. The van der Waals surface area contributed by atoms with Crippen LogP contribution in [0.4, 0.5) is 0 Å².